The highest BCUT2D eigenvalue weighted by Gasteiger charge is 2.09. The van der Waals surface area contributed by atoms with E-state index < -0.39 is 0 Å². The first-order valence-electron chi connectivity index (χ1n) is 13.3. The molecule has 0 spiro atoms. The number of benzene rings is 4. The number of rotatable bonds is 13. The van der Waals surface area contributed by atoms with Crippen LogP contribution in [0.4, 0.5) is 0 Å². The maximum atomic E-state index is 12.2. The smallest absolute Gasteiger partial charge is 0.306 e. The monoisotopic (exact) mass is 528 g/mol. The molecule has 4 aromatic rings. The highest BCUT2D eigenvalue weighted by atomic mass is 16.6. The Labute approximate surface area is 236 Å². The van der Waals surface area contributed by atoms with Crippen LogP contribution < -0.4 is 0 Å². The van der Waals surface area contributed by atoms with Gasteiger partial charge in [-0.1, -0.05) is 133 Å². The molecule has 0 N–H and O–H groups in total. The second kappa shape index (κ2) is 15.6. The Kier molecular flexibility index (Phi) is 11.1. The van der Waals surface area contributed by atoms with Crippen molar-refractivity contribution in [2.24, 2.45) is 0 Å². The van der Waals surface area contributed by atoms with Gasteiger partial charge < -0.3 is 9.47 Å². The van der Waals surface area contributed by atoms with Crippen molar-refractivity contribution in [2.75, 3.05) is 13.2 Å². The normalized spacial score (nSPS) is 10.3. The van der Waals surface area contributed by atoms with E-state index in [1.807, 2.05) is 133 Å². The second-order valence-corrected chi connectivity index (χ2v) is 8.95. The van der Waals surface area contributed by atoms with E-state index in [0.717, 1.165) is 33.4 Å². The number of carbonyl (C=O) groups is 2. The SMILES string of the molecule is O=C(C[CH]C=C(c1ccccc1)c1ccccc1)OCCOC(=O)C[CH]C=C(c1ccccc1)c1ccccc1. The van der Waals surface area contributed by atoms with E-state index in [0.29, 0.717) is 0 Å². The molecule has 0 aromatic heterocycles. The van der Waals surface area contributed by atoms with Crippen LogP contribution in [0.2, 0.25) is 0 Å². The third-order valence-electron chi connectivity index (χ3n) is 6.09. The quantitative estimate of drug-likeness (QED) is 0.133. The zero-order valence-corrected chi connectivity index (χ0v) is 22.3. The molecule has 0 aliphatic rings. The molecule has 0 unspecified atom stereocenters. The van der Waals surface area contributed by atoms with E-state index in [4.69, 9.17) is 9.47 Å². The van der Waals surface area contributed by atoms with Crippen LogP contribution in [0, 0.1) is 12.8 Å². The Hall–Kier alpha value is -4.70. The topological polar surface area (TPSA) is 52.6 Å². The molecule has 40 heavy (non-hydrogen) atoms. The van der Waals surface area contributed by atoms with E-state index in [1.165, 1.54) is 0 Å². The number of ether oxygens (including phenoxy) is 2. The summed E-state index contributed by atoms with van der Waals surface area (Å²) in [5, 5.41) is 0. The van der Waals surface area contributed by atoms with Gasteiger partial charge in [0.25, 0.3) is 0 Å². The first kappa shape index (κ1) is 28.3. The molecule has 0 atom stereocenters. The van der Waals surface area contributed by atoms with E-state index >= 15 is 0 Å². The summed E-state index contributed by atoms with van der Waals surface area (Å²) in [6.07, 6.45) is 7.71. The lowest BCUT2D eigenvalue weighted by Gasteiger charge is -2.09. The van der Waals surface area contributed by atoms with Crippen LogP contribution in [-0.2, 0) is 19.1 Å². The van der Waals surface area contributed by atoms with E-state index in [-0.39, 0.29) is 38.0 Å². The average molecular weight is 529 g/mol. The molecule has 4 aromatic carbocycles. The second-order valence-electron chi connectivity index (χ2n) is 8.95. The molecule has 0 bridgehead atoms. The summed E-state index contributed by atoms with van der Waals surface area (Å²) in [6, 6.07) is 40.1. The lowest BCUT2D eigenvalue weighted by Crippen LogP contribution is -2.13. The molecule has 0 fully saturated rings. The molecular weight excluding hydrogens is 496 g/mol. The van der Waals surface area contributed by atoms with Crippen molar-refractivity contribution in [2.45, 2.75) is 12.8 Å². The number of hydrogen-bond acceptors (Lipinski definition) is 4. The van der Waals surface area contributed by atoms with Gasteiger partial charge in [-0.05, 0) is 46.2 Å². The van der Waals surface area contributed by atoms with Gasteiger partial charge in [0.2, 0.25) is 0 Å². The maximum absolute atomic E-state index is 12.2. The van der Waals surface area contributed by atoms with Crippen molar-refractivity contribution in [3.8, 4) is 0 Å². The molecule has 4 heteroatoms. The molecule has 0 aliphatic heterocycles. The minimum atomic E-state index is -0.377. The standard InChI is InChI=1S/C36H32O4/c37-35(25-13-23-33(29-15-5-1-6-16-29)30-17-7-2-8-18-30)39-27-28-40-36(38)26-14-24-34(31-19-9-3-10-20-31)32-21-11-4-12-22-32/h1-24H,25-28H2. The minimum Gasteiger partial charge on any atom is -0.462 e. The van der Waals surface area contributed by atoms with Crippen LogP contribution in [0.25, 0.3) is 11.1 Å². The summed E-state index contributed by atoms with van der Waals surface area (Å²) in [6.45, 7) is 0.0307. The largest absolute Gasteiger partial charge is 0.462 e. The highest BCUT2D eigenvalue weighted by molar-refractivity contribution is 5.82. The first-order valence-corrected chi connectivity index (χ1v) is 13.3. The highest BCUT2D eigenvalue weighted by Crippen LogP contribution is 2.25. The maximum Gasteiger partial charge on any atom is 0.306 e. The molecule has 0 amide bonds. The molecule has 4 rings (SSSR count). The third kappa shape index (κ3) is 8.95. The van der Waals surface area contributed by atoms with Gasteiger partial charge in [-0.25, -0.2) is 0 Å². The van der Waals surface area contributed by atoms with Crippen molar-refractivity contribution in [3.05, 3.63) is 169 Å². The lowest BCUT2D eigenvalue weighted by atomic mass is 9.96. The molecular formula is C36H32O4. The Morgan fingerprint density at radius 1 is 0.450 bits per heavy atom. The Morgan fingerprint density at radius 3 is 1.00 bits per heavy atom. The molecule has 2 radical (unpaired) electrons. The number of carbonyl (C=O) groups excluding carboxylic acids is 2. The van der Waals surface area contributed by atoms with E-state index in [1.54, 1.807) is 12.8 Å². The average Bonchev–Trinajstić information content (AvgIpc) is 3.01. The van der Waals surface area contributed by atoms with E-state index in [9.17, 15) is 9.59 Å². The van der Waals surface area contributed by atoms with Crippen molar-refractivity contribution >= 4 is 23.1 Å². The van der Waals surface area contributed by atoms with Crippen molar-refractivity contribution in [1.82, 2.24) is 0 Å². The summed E-state index contributed by atoms with van der Waals surface area (Å²) >= 11 is 0. The van der Waals surface area contributed by atoms with Crippen molar-refractivity contribution in [1.29, 1.82) is 0 Å². The van der Waals surface area contributed by atoms with Gasteiger partial charge in [-0.15, -0.1) is 0 Å². The molecule has 0 heterocycles. The third-order valence-corrected chi connectivity index (χ3v) is 6.09. The predicted octanol–water partition coefficient (Wildman–Crippen LogP) is 7.53. The Bertz CT molecular complexity index is 1200. The fourth-order valence-electron chi connectivity index (χ4n) is 4.16. The van der Waals surface area contributed by atoms with Crippen LogP contribution in [0.5, 0.6) is 0 Å². The predicted molar refractivity (Wildman–Crippen MR) is 160 cm³/mol. The summed E-state index contributed by atoms with van der Waals surface area (Å²) in [7, 11) is 0. The summed E-state index contributed by atoms with van der Waals surface area (Å²) in [5.74, 6) is -0.754. The van der Waals surface area contributed by atoms with Crippen molar-refractivity contribution < 1.29 is 19.1 Å². The zero-order chi connectivity index (χ0) is 27.8. The van der Waals surface area contributed by atoms with Crippen LogP contribution >= 0.6 is 0 Å². The Balaban J connectivity index is 1.20. The number of hydrogen-bond donors (Lipinski definition) is 0. The number of esters is 2. The molecule has 200 valence electrons. The van der Waals surface area contributed by atoms with Gasteiger partial charge in [-0.3, -0.25) is 9.59 Å². The van der Waals surface area contributed by atoms with Gasteiger partial charge in [0.1, 0.15) is 13.2 Å². The van der Waals surface area contributed by atoms with Crippen LogP contribution in [0.3, 0.4) is 0 Å². The molecule has 0 saturated carbocycles. The fraction of sp³-hybridized carbons (Fsp3) is 0.111. The van der Waals surface area contributed by atoms with Crippen LogP contribution in [-0.4, -0.2) is 25.2 Å². The molecule has 0 saturated heterocycles. The summed E-state index contributed by atoms with van der Waals surface area (Å²) < 4.78 is 10.5. The van der Waals surface area contributed by atoms with Gasteiger partial charge in [0.05, 0.1) is 12.8 Å². The van der Waals surface area contributed by atoms with Crippen LogP contribution in [0.1, 0.15) is 35.1 Å². The lowest BCUT2D eigenvalue weighted by molar-refractivity contribution is -0.151. The van der Waals surface area contributed by atoms with Gasteiger partial charge in [0.15, 0.2) is 0 Å². The van der Waals surface area contributed by atoms with Gasteiger partial charge >= 0.3 is 11.9 Å². The van der Waals surface area contributed by atoms with E-state index in [2.05, 4.69) is 0 Å². The summed E-state index contributed by atoms with van der Waals surface area (Å²) in [4.78, 5) is 24.4. The minimum absolute atomic E-state index is 0.0154. The molecule has 4 nitrogen and oxygen atoms in total. The zero-order valence-electron chi connectivity index (χ0n) is 22.3. The molecule has 0 aliphatic carbocycles. The summed E-state index contributed by atoms with van der Waals surface area (Å²) in [5.41, 5.74) is 6.31. The van der Waals surface area contributed by atoms with Gasteiger partial charge in [0, 0.05) is 0 Å². The first-order chi connectivity index (χ1) is 19.7. The van der Waals surface area contributed by atoms with Crippen molar-refractivity contribution in [3.63, 3.8) is 0 Å². The Morgan fingerprint density at radius 2 is 0.725 bits per heavy atom. The van der Waals surface area contributed by atoms with Gasteiger partial charge in [-0.2, -0.15) is 0 Å². The fourth-order valence-corrected chi connectivity index (χ4v) is 4.16. The number of allylic oxidation sites excluding steroid dienone is 2. The van der Waals surface area contributed by atoms with Crippen LogP contribution in [0.15, 0.2) is 133 Å².